The van der Waals surface area contributed by atoms with Gasteiger partial charge >= 0.3 is 0 Å². The molecule has 3 unspecified atom stereocenters. The molecule has 0 radical (unpaired) electrons. The van der Waals surface area contributed by atoms with E-state index in [0.717, 1.165) is 25.7 Å². The zero-order valence-corrected chi connectivity index (χ0v) is 7.33. The highest BCUT2D eigenvalue weighted by molar-refractivity contribution is 5.04. The lowest BCUT2D eigenvalue weighted by atomic mass is 9.79. The predicted octanol–water partition coefficient (Wildman–Crippen LogP) is 0.408. The van der Waals surface area contributed by atoms with Crippen LogP contribution in [0.3, 0.4) is 0 Å². The molecule has 2 bridgehead atoms. The Labute approximate surface area is 72.9 Å². The van der Waals surface area contributed by atoms with E-state index in [4.69, 9.17) is 15.6 Å². The van der Waals surface area contributed by atoms with Gasteiger partial charge in [0.05, 0.1) is 12.2 Å². The summed E-state index contributed by atoms with van der Waals surface area (Å²) in [6, 6.07) is 0. The molecule has 0 spiro atoms. The molecule has 70 valence electrons. The molecule has 0 amide bonds. The van der Waals surface area contributed by atoms with Crippen LogP contribution in [0.25, 0.3) is 0 Å². The molecular weight excluding hydrogens is 154 g/mol. The third kappa shape index (κ3) is 1.26. The van der Waals surface area contributed by atoms with E-state index in [2.05, 4.69) is 0 Å². The SMILES string of the molecule is NC1(CCCO)CC2CCC1O2. The highest BCUT2D eigenvalue weighted by Crippen LogP contribution is 2.42. The van der Waals surface area contributed by atoms with Gasteiger partial charge < -0.3 is 15.6 Å². The second-order valence-corrected chi connectivity index (χ2v) is 4.09. The lowest BCUT2D eigenvalue weighted by Gasteiger charge is -2.30. The second-order valence-electron chi connectivity index (χ2n) is 4.09. The van der Waals surface area contributed by atoms with E-state index in [-0.39, 0.29) is 18.2 Å². The van der Waals surface area contributed by atoms with Crippen LogP contribution >= 0.6 is 0 Å². The molecule has 3 heteroatoms. The van der Waals surface area contributed by atoms with E-state index >= 15 is 0 Å². The average Bonchev–Trinajstić information content (AvgIpc) is 2.60. The van der Waals surface area contributed by atoms with Gasteiger partial charge in [0.2, 0.25) is 0 Å². The molecule has 3 N–H and O–H groups in total. The van der Waals surface area contributed by atoms with Crippen molar-refractivity contribution in [3.05, 3.63) is 0 Å². The van der Waals surface area contributed by atoms with Crippen molar-refractivity contribution in [3.63, 3.8) is 0 Å². The van der Waals surface area contributed by atoms with Crippen LogP contribution in [-0.4, -0.2) is 29.5 Å². The first-order valence-corrected chi connectivity index (χ1v) is 4.80. The first-order chi connectivity index (χ1) is 5.74. The normalized spacial score (nSPS) is 45.5. The van der Waals surface area contributed by atoms with Crippen LogP contribution in [0.5, 0.6) is 0 Å². The van der Waals surface area contributed by atoms with Gasteiger partial charge in [0.15, 0.2) is 0 Å². The minimum atomic E-state index is -0.119. The quantitative estimate of drug-likeness (QED) is 0.646. The molecule has 3 atom stereocenters. The van der Waals surface area contributed by atoms with Crippen molar-refractivity contribution in [1.82, 2.24) is 0 Å². The number of nitrogens with two attached hydrogens (primary N) is 1. The van der Waals surface area contributed by atoms with Crippen molar-refractivity contribution < 1.29 is 9.84 Å². The van der Waals surface area contributed by atoms with Crippen molar-refractivity contribution in [2.45, 2.75) is 49.9 Å². The maximum Gasteiger partial charge on any atom is 0.0760 e. The van der Waals surface area contributed by atoms with Crippen LogP contribution in [0.4, 0.5) is 0 Å². The molecule has 0 aromatic carbocycles. The van der Waals surface area contributed by atoms with E-state index < -0.39 is 0 Å². The number of fused-ring (bicyclic) bond motifs is 2. The van der Waals surface area contributed by atoms with Crippen LogP contribution in [0, 0.1) is 0 Å². The summed E-state index contributed by atoms with van der Waals surface area (Å²) in [6.45, 7) is 0.246. The maximum absolute atomic E-state index is 8.71. The molecule has 0 aliphatic carbocycles. The zero-order valence-electron chi connectivity index (χ0n) is 7.33. The number of ether oxygens (including phenoxy) is 1. The summed E-state index contributed by atoms with van der Waals surface area (Å²) in [5, 5.41) is 8.71. The number of hydrogen-bond donors (Lipinski definition) is 2. The smallest absolute Gasteiger partial charge is 0.0760 e. The fourth-order valence-electron chi connectivity index (χ4n) is 2.51. The van der Waals surface area contributed by atoms with Gasteiger partial charge in [-0.05, 0) is 32.1 Å². The van der Waals surface area contributed by atoms with Crippen LogP contribution in [0.15, 0.2) is 0 Å². The molecular formula is C9H17NO2. The van der Waals surface area contributed by atoms with E-state index in [1.165, 1.54) is 6.42 Å². The van der Waals surface area contributed by atoms with Gasteiger partial charge in [-0.15, -0.1) is 0 Å². The topological polar surface area (TPSA) is 55.5 Å². The van der Waals surface area contributed by atoms with Crippen LogP contribution in [0.1, 0.15) is 32.1 Å². The van der Waals surface area contributed by atoms with E-state index in [1.54, 1.807) is 0 Å². The molecule has 3 nitrogen and oxygen atoms in total. The van der Waals surface area contributed by atoms with Crippen LogP contribution in [0.2, 0.25) is 0 Å². The monoisotopic (exact) mass is 171 g/mol. The van der Waals surface area contributed by atoms with Gasteiger partial charge in [-0.2, -0.15) is 0 Å². The summed E-state index contributed by atoms with van der Waals surface area (Å²) < 4.78 is 5.68. The fraction of sp³-hybridized carbons (Fsp3) is 1.00. The highest BCUT2D eigenvalue weighted by Gasteiger charge is 2.49. The summed E-state index contributed by atoms with van der Waals surface area (Å²) in [5.74, 6) is 0. The average molecular weight is 171 g/mol. The van der Waals surface area contributed by atoms with E-state index in [0.29, 0.717) is 6.10 Å². The first-order valence-electron chi connectivity index (χ1n) is 4.80. The minimum Gasteiger partial charge on any atom is -0.396 e. The fourth-order valence-corrected chi connectivity index (χ4v) is 2.51. The molecule has 2 saturated heterocycles. The van der Waals surface area contributed by atoms with Gasteiger partial charge in [-0.25, -0.2) is 0 Å². The van der Waals surface area contributed by atoms with E-state index in [9.17, 15) is 0 Å². The molecule has 2 rings (SSSR count). The van der Waals surface area contributed by atoms with Crippen molar-refractivity contribution in [2.24, 2.45) is 5.73 Å². The Hall–Kier alpha value is -0.120. The Bertz CT molecular complexity index is 174. The van der Waals surface area contributed by atoms with Gasteiger partial charge in [0.25, 0.3) is 0 Å². The van der Waals surface area contributed by atoms with Gasteiger partial charge in [0, 0.05) is 12.1 Å². The Kier molecular flexibility index (Phi) is 2.10. The predicted molar refractivity (Wildman–Crippen MR) is 45.8 cm³/mol. The number of hydrogen-bond acceptors (Lipinski definition) is 3. The summed E-state index contributed by atoms with van der Waals surface area (Å²) in [5.41, 5.74) is 6.07. The van der Waals surface area contributed by atoms with Crippen molar-refractivity contribution >= 4 is 0 Å². The molecule has 0 aromatic rings. The second kappa shape index (κ2) is 2.98. The van der Waals surface area contributed by atoms with Gasteiger partial charge in [-0.3, -0.25) is 0 Å². The summed E-state index contributed by atoms with van der Waals surface area (Å²) in [4.78, 5) is 0. The number of rotatable bonds is 3. The highest BCUT2D eigenvalue weighted by atomic mass is 16.5. The van der Waals surface area contributed by atoms with Crippen LogP contribution in [-0.2, 0) is 4.74 Å². The van der Waals surface area contributed by atoms with Crippen molar-refractivity contribution in [1.29, 1.82) is 0 Å². The Morgan fingerprint density at radius 1 is 1.50 bits per heavy atom. The third-order valence-corrected chi connectivity index (χ3v) is 3.16. The standard InChI is InChI=1S/C9H17NO2/c10-9(4-1-5-11)6-7-2-3-8(9)12-7/h7-8,11H,1-6,10H2. The zero-order chi connectivity index (χ0) is 8.60. The molecule has 2 aliphatic rings. The lowest BCUT2D eigenvalue weighted by molar-refractivity contribution is 0.0820. The number of aliphatic hydroxyl groups is 1. The third-order valence-electron chi connectivity index (χ3n) is 3.16. The Morgan fingerprint density at radius 3 is 2.83 bits per heavy atom. The number of aliphatic hydroxyl groups excluding tert-OH is 1. The van der Waals surface area contributed by atoms with Gasteiger partial charge in [-0.1, -0.05) is 0 Å². The first kappa shape index (κ1) is 8.48. The summed E-state index contributed by atoms with van der Waals surface area (Å²) in [6.07, 6.45) is 5.70. The molecule has 0 aromatic heterocycles. The van der Waals surface area contributed by atoms with Crippen LogP contribution < -0.4 is 5.73 Å². The minimum absolute atomic E-state index is 0.119. The van der Waals surface area contributed by atoms with Crippen molar-refractivity contribution in [3.8, 4) is 0 Å². The summed E-state index contributed by atoms with van der Waals surface area (Å²) in [7, 11) is 0. The molecule has 12 heavy (non-hydrogen) atoms. The Morgan fingerprint density at radius 2 is 2.33 bits per heavy atom. The molecule has 0 saturated carbocycles. The van der Waals surface area contributed by atoms with Crippen molar-refractivity contribution in [2.75, 3.05) is 6.61 Å². The molecule has 2 fully saturated rings. The largest absolute Gasteiger partial charge is 0.396 e. The van der Waals surface area contributed by atoms with E-state index in [1.807, 2.05) is 0 Å². The maximum atomic E-state index is 8.71. The molecule has 2 heterocycles. The molecule has 2 aliphatic heterocycles. The summed E-state index contributed by atoms with van der Waals surface area (Å²) >= 11 is 0. The van der Waals surface area contributed by atoms with Gasteiger partial charge in [0.1, 0.15) is 0 Å². The lowest BCUT2D eigenvalue weighted by Crippen LogP contribution is -2.48. The Balaban J connectivity index is 1.93.